The van der Waals surface area contributed by atoms with E-state index in [2.05, 4.69) is 47.1 Å². The van der Waals surface area contributed by atoms with Crippen LogP contribution in [0.1, 0.15) is 40.0 Å². The first-order chi connectivity index (χ1) is 12.6. The van der Waals surface area contributed by atoms with Crippen molar-refractivity contribution in [2.24, 2.45) is 16.7 Å². The number of hydrogen-bond donors (Lipinski definition) is 2. The predicted octanol–water partition coefficient (Wildman–Crippen LogP) is 7.30. The fraction of sp³-hybridized carbons (Fsp3) is 0.360. The van der Waals surface area contributed by atoms with Gasteiger partial charge in [0, 0.05) is 5.41 Å². The maximum absolute atomic E-state index is 9.82. The minimum atomic E-state index is -0.305. The zero-order chi connectivity index (χ0) is 20.7. The molecule has 1 fully saturated rings. The Kier molecular flexibility index (Phi) is 7.90. The van der Waals surface area contributed by atoms with E-state index in [1.807, 2.05) is 24.3 Å². The summed E-state index contributed by atoms with van der Waals surface area (Å²) in [5, 5.41) is 19.6. The molecule has 0 spiro atoms. The van der Waals surface area contributed by atoms with E-state index in [1.165, 1.54) is 12.2 Å². The molecule has 146 valence electrons. The summed E-state index contributed by atoms with van der Waals surface area (Å²) in [6.07, 6.45) is 16.7. The van der Waals surface area contributed by atoms with Crippen LogP contribution in [-0.2, 0) is 0 Å². The van der Waals surface area contributed by atoms with Gasteiger partial charge in [-0.25, -0.2) is 0 Å². The van der Waals surface area contributed by atoms with Crippen molar-refractivity contribution in [2.45, 2.75) is 40.0 Å². The number of hydrogen-bond acceptors (Lipinski definition) is 2. The van der Waals surface area contributed by atoms with Crippen LogP contribution in [-0.4, -0.2) is 10.2 Å². The Hall–Kier alpha value is -2.48. The fourth-order valence-electron chi connectivity index (χ4n) is 4.51. The quantitative estimate of drug-likeness (QED) is 0.349. The SMILES string of the molecule is C=C/C(O)=C\C=C(/C=C)C1(/C(C=C)=C/C=C(/O)C=C)CC(C)CC(C)(C)C1. The van der Waals surface area contributed by atoms with Crippen LogP contribution in [0, 0.1) is 16.7 Å². The van der Waals surface area contributed by atoms with E-state index in [1.54, 1.807) is 12.2 Å². The lowest BCUT2D eigenvalue weighted by atomic mass is 9.54. The summed E-state index contributed by atoms with van der Waals surface area (Å²) >= 11 is 0. The van der Waals surface area contributed by atoms with Gasteiger partial charge in [-0.1, -0.05) is 71.4 Å². The van der Waals surface area contributed by atoms with Gasteiger partial charge < -0.3 is 10.2 Å². The van der Waals surface area contributed by atoms with Gasteiger partial charge in [0.05, 0.1) is 0 Å². The number of aliphatic hydroxyl groups excluding tert-OH is 2. The monoisotopic (exact) mass is 366 g/mol. The summed E-state index contributed by atoms with van der Waals surface area (Å²) < 4.78 is 0. The van der Waals surface area contributed by atoms with Crippen LogP contribution in [0.4, 0.5) is 0 Å². The molecule has 2 N–H and O–H groups in total. The molecule has 1 aliphatic rings. The molecule has 2 nitrogen and oxygen atoms in total. The van der Waals surface area contributed by atoms with Crippen molar-refractivity contribution >= 4 is 0 Å². The van der Waals surface area contributed by atoms with Crippen molar-refractivity contribution < 1.29 is 10.2 Å². The Morgan fingerprint density at radius 3 is 1.56 bits per heavy atom. The standard InChI is InChI=1S/C25H34O2/c1-8-20(12-14-22(26)10-3)25(17-19(5)16-24(6,7)18-25)21(9-2)13-15-23(27)11-4/h8-15,19,26-27H,1-4,16-18H2,5-7H3/b20-12+,21-13+,22-14+,23-15+. The molecule has 0 bridgehead atoms. The summed E-state index contributed by atoms with van der Waals surface area (Å²) in [6.45, 7) is 22.1. The van der Waals surface area contributed by atoms with Gasteiger partial charge in [0.1, 0.15) is 11.5 Å². The Balaban J connectivity index is 3.70. The van der Waals surface area contributed by atoms with E-state index >= 15 is 0 Å². The average molecular weight is 367 g/mol. The minimum absolute atomic E-state index is 0.112. The first-order valence-corrected chi connectivity index (χ1v) is 9.36. The van der Waals surface area contributed by atoms with Gasteiger partial charge in [-0.3, -0.25) is 0 Å². The van der Waals surface area contributed by atoms with E-state index in [4.69, 9.17) is 0 Å². The number of rotatable bonds is 8. The van der Waals surface area contributed by atoms with Gasteiger partial charge in [0.25, 0.3) is 0 Å². The zero-order valence-corrected chi connectivity index (χ0v) is 17.0. The lowest BCUT2D eigenvalue weighted by Gasteiger charge is -2.49. The van der Waals surface area contributed by atoms with Crippen LogP contribution in [0.3, 0.4) is 0 Å². The molecule has 0 aromatic heterocycles. The molecule has 0 saturated heterocycles. The summed E-state index contributed by atoms with van der Waals surface area (Å²) in [5.41, 5.74) is 1.87. The average Bonchev–Trinajstić information content (AvgIpc) is 2.60. The van der Waals surface area contributed by atoms with Gasteiger partial charge in [-0.15, -0.1) is 0 Å². The molecular formula is C25H34O2. The third-order valence-corrected chi connectivity index (χ3v) is 5.21. The molecule has 0 aromatic carbocycles. The second-order valence-corrected chi connectivity index (χ2v) is 8.18. The number of aliphatic hydroxyl groups is 2. The van der Waals surface area contributed by atoms with Gasteiger partial charge in [0.2, 0.25) is 0 Å². The maximum Gasteiger partial charge on any atom is 0.114 e. The maximum atomic E-state index is 9.82. The zero-order valence-electron chi connectivity index (χ0n) is 17.0. The lowest BCUT2D eigenvalue weighted by molar-refractivity contribution is 0.103. The normalized spacial score (nSPS) is 27.0. The third-order valence-electron chi connectivity index (χ3n) is 5.21. The predicted molar refractivity (Wildman–Crippen MR) is 118 cm³/mol. The Morgan fingerprint density at radius 1 is 0.778 bits per heavy atom. The molecule has 0 heterocycles. The van der Waals surface area contributed by atoms with Crippen LogP contribution in [0.25, 0.3) is 0 Å². The van der Waals surface area contributed by atoms with E-state index in [0.29, 0.717) is 5.92 Å². The number of allylic oxidation sites excluding steroid dienone is 10. The van der Waals surface area contributed by atoms with Crippen molar-refractivity contribution in [3.05, 3.63) is 97.6 Å². The highest BCUT2D eigenvalue weighted by Gasteiger charge is 2.45. The van der Waals surface area contributed by atoms with E-state index in [-0.39, 0.29) is 22.3 Å². The van der Waals surface area contributed by atoms with Crippen LogP contribution < -0.4 is 0 Å². The van der Waals surface area contributed by atoms with Crippen LogP contribution in [0.5, 0.6) is 0 Å². The molecule has 1 aliphatic carbocycles. The fourth-order valence-corrected chi connectivity index (χ4v) is 4.51. The smallest absolute Gasteiger partial charge is 0.114 e. The van der Waals surface area contributed by atoms with Crippen LogP contribution in [0.15, 0.2) is 97.6 Å². The molecule has 27 heavy (non-hydrogen) atoms. The molecule has 1 unspecified atom stereocenters. The molecule has 0 aromatic rings. The first-order valence-electron chi connectivity index (χ1n) is 9.36. The first kappa shape index (κ1) is 22.6. The molecule has 0 radical (unpaired) electrons. The second kappa shape index (κ2) is 9.45. The van der Waals surface area contributed by atoms with Crippen molar-refractivity contribution in [1.29, 1.82) is 0 Å². The molecule has 2 heteroatoms. The molecule has 1 atom stereocenters. The van der Waals surface area contributed by atoms with E-state index in [0.717, 1.165) is 30.4 Å². The lowest BCUT2D eigenvalue weighted by Crippen LogP contribution is -2.39. The summed E-state index contributed by atoms with van der Waals surface area (Å²) in [6, 6.07) is 0. The topological polar surface area (TPSA) is 40.5 Å². The third kappa shape index (κ3) is 5.75. The molecule has 0 amide bonds. The molecule has 0 aliphatic heterocycles. The van der Waals surface area contributed by atoms with Gasteiger partial charge in [-0.05, 0) is 66.0 Å². The van der Waals surface area contributed by atoms with Crippen LogP contribution in [0.2, 0.25) is 0 Å². The Bertz CT molecular complexity index is 665. The van der Waals surface area contributed by atoms with Gasteiger partial charge in [-0.2, -0.15) is 0 Å². The molecule has 1 saturated carbocycles. The van der Waals surface area contributed by atoms with Gasteiger partial charge >= 0.3 is 0 Å². The second-order valence-electron chi connectivity index (χ2n) is 8.18. The van der Waals surface area contributed by atoms with Crippen molar-refractivity contribution in [2.75, 3.05) is 0 Å². The Morgan fingerprint density at radius 2 is 1.22 bits per heavy atom. The summed E-state index contributed by atoms with van der Waals surface area (Å²) in [5.74, 6) is 0.733. The molecular weight excluding hydrogens is 332 g/mol. The van der Waals surface area contributed by atoms with Crippen molar-refractivity contribution in [3.8, 4) is 0 Å². The van der Waals surface area contributed by atoms with Crippen molar-refractivity contribution in [3.63, 3.8) is 0 Å². The summed E-state index contributed by atoms with van der Waals surface area (Å²) in [4.78, 5) is 0. The van der Waals surface area contributed by atoms with E-state index in [9.17, 15) is 10.2 Å². The summed E-state index contributed by atoms with van der Waals surface area (Å²) in [7, 11) is 0. The van der Waals surface area contributed by atoms with Gasteiger partial charge in [0.15, 0.2) is 0 Å². The Labute approximate surface area is 165 Å². The largest absolute Gasteiger partial charge is 0.508 e. The minimum Gasteiger partial charge on any atom is -0.508 e. The highest BCUT2D eigenvalue weighted by atomic mass is 16.3. The highest BCUT2D eigenvalue weighted by molar-refractivity contribution is 5.45. The highest BCUT2D eigenvalue weighted by Crippen LogP contribution is 2.56. The van der Waals surface area contributed by atoms with Crippen molar-refractivity contribution in [1.82, 2.24) is 0 Å². The van der Waals surface area contributed by atoms with E-state index < -0.39 is 0 Å². The van der Waals surface area contributed by atoms with Crippen LogP contribution >= 0.6 is 0 Å². The molecule has 1 rings (SSSR count).